The van der Waals surface area contributed by atoms with Crippen LogP contribution in [-0.2, 0) is 10.2 Å². The third-order valence-corrected chi connectivity index (χ3v) is 3.56. The van der Waals surface area contributed by atoms with Crippen molar-refractivity contribution in [3.63, 3.8) is 0 Å². The largest absolute Gasteiger partial charge is 0.481 e. The summed E-state index contributed by atoms with van der Waals surface area (Å²) in [5.74, 6) is -0.245. The Labute approximate surface area is 109 Å². The lowest BCUT2D eigenvalue weighted by atomic mass is 9.79. The summed E-state index contributed by atoms with van der Waals surface area (Å²) in [5.41, 5.74) is 3.31. The van der Waals surface area contributed by atoms with E-state index in [0.717, 1.165) is 17.5 Å². The fourth-order valence-corrected chi connectivity index (χ4v) is 2.11. The van der Waals surface area contributed by atoms with Crippen LogP contribution in [-0.4, -0.2) is 17.7 Å². The lowest BCUT2D eigenvalue weighted by molar-refractivity contribution is -0.139. The van der Waals surface area contributed by atoms with Crippen molar-refractivity contribution in [3.05, 3.63) is 28.8 Å². The van der Waals surface area contributed by atoms with Crippen molar-refractivity contribution in [2.75, 3.05) is 6.61 Å². The van der Waals surface area contributed by atoms with Crippen LogP contribution in [0, 0.1) is 13.8 Å². The first-order valence-electron chi connectivity index (χ1n) is 6.25. The average Bonchev–Trinajstić information content (AvgIpc) is 2.28. The summed E-state index contributed by atoms with van der Waals surface area (Å²) in [4.78, 5) is 10.6. The molecule has 1 rings (SSSR count). The van der Waals surface area contributed by atoms with E-state index in [1.54, 1.807) is 0 Å². The van der Waals surface area contributed by atoms with E-state index in [1.165, 1.54) is 5.56 Å². The van der Waals surface area contributed by atoms with Crippen molar-refractivity contribution in [2.24, 2.45) is 0 Å². The van der Waals surface area contributed by atoms with Crippen LogP contribution in [0.4, 0.5) is 0 Å². The van der Waals surface area contributed by atoms with Gasteiger partial charge in [0.1, 0.15) is 5.75 Å². The van der Waals surface area contributed by atoms with Crippen molar-refractivity contribution >= 4 is 5.97 Å². The number of aryl methyl sites for hydroxylation is 1. The van der Waals surface area contributed by atoms with Gasteiger partial charge in [0.25, 0.3) is 0 Å². The molecule has 1 aromatic carbocycles. The quantitative estimate of drug-likeness (QED) is 0.870. The normalized spacial score (nSPS) is 11.4. The van der Waals surface area contributed by atoms with Crippen molar-refractivity contribution in [3.8, 4) is 5.75 Å². The molecule has 0 aliphatic rings. The summed E-state index contributed by atoms with van der Waals surface area (Å²) in [6, 6.07) is 4.11. The Morgan fingerprint density at radius 2 is 1.94 bits per heavy atom. The molecule has 3 nitrogen and oxygen atoms in total. The third-order valence-electron chi connectivity index (χ3n) is 3.56. The molecule has 0 fully saturated rings. The molecule has 0 aliphatic carbocycles. The molecular formula is C15H22O3. The van der Waals surface area contributed by atoms with Gasteiger partial charge in [0.05, 0.1) is 0 Å². The number of carboxylic acids is 1. The van der Waals surface area contributed by atoms with Gasteiger partial charge in [-0.25, -0.2) is 4.79 Å². The Morgan fingerprint density at radius 3 is 2.44 bits per heavy atom. The Balaban J connectivity index is 3.18. The van der Waals surface area contributed by atoms with Crippen molar-refractivity contribution in [1.82, 2.24) is 0 Å². The Morgan fingerprint density at radius 1 is 1.33 bits per heavy atom. The minimum Gasteiger partial charge on any atom is -0.481 e. The molecule has 0 saturated carbocycles. The topological polar surface area (TPSA) is 46.5 Å². The summed E-state index contributed by atoms with van der Waals surface area (Å²) in [6.07, 6.45) is 1.02. The number of hydrogen-bond donors (Lipinski definition) is 1. The maximum absolute atomic E-state index is 10.6. The maximum Gasteiger partial charge on any atom is 0.341 e. The van der Waals surface area contributed by atoms with Crippen LogP contribution in [0.15, 0.2) is 12.1 Å². The number of benzene rings is 1. The molecule has 0 atom stereocenters. The van der Waals surface area contributed by atoms with Crippen LogP contribution in [0.3, 0.4) is 0 Å². The molecule has 0 unspecified atom stereocenters. The number of ether oxygens (including phenoxy) is 1. The van der Waals surface area contributed by atoms with Crippen LogP contribution in [0.5, 0.6) is 5.75 Å². The highest BCUT2D eigenvalue weighted by Gasteiger charge is 2.22. The Bertz CT molecular complexity index is 447. The van der Waals surface area contributed by atoms with Crippen LogP contribution in [0.25, 0.3) is 0 Å². The predicted octanol–water partition coefficient (Wildman–Crippen LogP) is 3.45. The summed E-state index contributed by atoms with van der Waals surface area (Å²) in [7, 11) is 0. The second kappa shape index (κ2) is 5.42. The van der Waals surface area contributed by atoms with Crippen molar-refractivity contribution in [2.45, 2.75) is 46.5 Å². The molecule has 0 aromatic heterocycles. The molecule has 0 aliphatic heterocycles. The minimum atomic E-state index is -0.950. The molecule has 0 bridgehead atoms. The van der Waals surface area contributed by atoms with Gasteiger partial charge in [-0.2, -0.15) is 0 Å². The first-order chi connectivity index (χ1) is 8.29. The van der Waals surface area contributed by atoms with E-state index in [-0.39, 0.29) is 12.0 Å². The predicted molar refractivity (Wildman–Crippen MR) is 72.4 cm³/mol. The molecule has 0 amide bonds. The first-order valence-corrected chi connectivity index (χ1v) is 6.25. The van der Waals surface area contributed by atoms with E-state index in [4.69, 9.17) is 9.84 Å². The SMILES string of the molecule is CCC(C)(C)c1ccc(C)c(OCC(=O)O)c1C. The third kappa shape index (κ3) is 3.03. The maximum atomic E-state index is 10.6. The second-order valence-corrected chi connectivity index (χ2v) is 5.30. The van der Waals surface area contributed by atoms with E-state index >= 15 is 0 Å². The minimum absolute atomic E-state index is 0.0686. The number of rotatable bonds is 5. The summed E-state index contributed by atoms with van der Waals surface area (Å²) in [5, 5.41) is 8.71. The van der Waals surface area contributed by atoms with Gasteiger partial charge in [-0.05, 0) is 42.4 Å². The highest BCUT2D eigenvalue weighted by molar-refractivity contribution is 5.68. The first kappa shape index (κ1) is 14.6. The van der Waals surface area contributed by atoms with Crippen LogP contribution in [0.2, 0.25) is 0 Å². The van der Waals surface area contributed by atoms with Crippen LogP contribution >= 0.6 is 0 Å². The highest BCUT2D eigenvalue weighted by atomic mass is 16.5. The fourth-order valence-electron chi connectivity index (χ4n) is 2.11. The number of carboxylic acid groups (broad SMARTS) is 1. The molecule has 0 spiro atoms. The zero-order valence-corrected chi connectivity index (χ0v) is 11.8. The van der Waals surface area contributed by atoms with Crippen LogP contribution in [0.1, 0.15) is 43.9 Å². The molecular weight excluding hydrogens is 228 g/mol. The van der Waals surface area contributed by atoms with Gasteiger partial charge >= 0.3 is 5.97 Å². The number of carbonyl (C=O) groups is 1. The summed E-state index contributed by atoms with van der Waals surface area (Å²) >= 11 is 0. The molecule has 1 aromatic rings. The van der Waals surface area contributed by atoms with E-state index in [0.29, 0.717) is 5.75 Å². The standard InChI is InChI=1S/C15H22O3/c1-6-15(4,5)12-8-7-10(2)14(11(12)3)18-9-13(16)17/h7-8H,6,9H2,1-5H3,(H,16,17). The molecule has 0 radical (unpaired) electrons. The zero-order chi connectivity index (χ0) is 13.9. The second-order valence-electron chi connectivity index (χ2n) is 5.30. The monoisotopic (exact) mass is 250 g/mol. The highest BCUT2D eigenvalue weighted by Crippen LogP contribution is 2.35. The number of hydrogen-bond acceptors (Lipinski definition) is 2. The van der Waals surface area contributed by atoms with Gasteiger partial charge in [-0.3, -0.25) is 0 Å². The zero-order valence-electron chi connectivity index (χ0n) is 11.8. The van der Waals surface area contributed by atoms with E-state index in [2.05, 4.69) is 26.8 Å². The van der Waals surface area contributed by atoms with Gasteiger partial charge in [0, 0.05) is 0 Å². The Kier molecular flexibility index (Phi) is 4.38. The molecule has 1 N–H and O–H groups in total. The molecule has 0 saturated heterocycles. The Hall–Kier alpha value is -1.51. The lowest BCUT2D eigenvalue weighted by Gasteiger charge is -2.27. The van der Waals surface area contributed by atoms with Crippen molar-refractivity contribution < 1.29 is 14.6 Å². The van der Waals surface area contributed by atoms with E-state index in [9.17, 15) is 4.79 Å². The molecule has 3 heteroatoms. The van der Waals surface area contributed by atoms with Crippen LogP contribution < -0.4 is 4.74 Å². The number of aliphatic carboxylic acids is 1. The van der Waals surface area contributed by atoms with Gasteiger partial charge in [-0.1, -0.05) is 32.9 Å². The lowest BCUT2D eigenvalue weighted by Crippen LogP contribution is -2.18. The smallest absolute Gasteiger partial charge is 0.341 e. The van der Waals surface area contributed by atoms with Gasteiger partial charge in [0.15, 0.2) is 6.61 Å². The van der Waals surface area contributed by atoms with E-state index < -0.39 is 5.97 Å². The van der Waals surface area contributed by atoms with E-state index in [1.807, 2.05) is 19.9 Å². The molecule has 18 heavy (non-hydrogen) atoms. The van der Waals surface area contributed by atoms with Gasteiger partial charge in [0.2, 0.25) is 0 Å². The van der Waals surface area contributed by atoms with Crippen molar-refractivity contribution in [1.29, 1.82) is 0 Å². The molecule has 0 heterocycles. The van der Waals surface area contributed by atoms with Gasteiger partial charge < -0.3 is 9.84 Å². The average molecular weight is 250 g/mol. The molecule has 100 valence electrons. The summed E-state index contributed by atoms with van der Waals surface area (Å²) in [6.45, 7) is 10.2. The summed E-state index contributed by atoms with van der Waals surface area (Å²) < 4.78 is 5.41. The van der Waals surface area contributed by atoms with Gasteiger partial charge in [-0.15, -0.1) is 0 Å². The fraction of sp³-hybridized carbons (Fsp3) is 0.533.